The van der Waals surface area contributed by atoms with Crippen LogP contribution in [0.15, 0.2) is 24.3 Å². The van der Waals surface area contributed by atoms with Crippen molar-refractivity contribution in [1.82, 2.24) is 4.98 Å². The Balaban J connectivity index is 2.51. The summed E-state index contributed by atoms with van der Waals surface area (Å²) in [5.41, 5.74) is 0.810. The van der Waals surface area contributed by atoms with Gasteiger partial charge in [0.1, 0.15) is 21.2 Å². The topological polar surface area (TPSA) is 36.7 Å². The van der Waals surface area contributed by atoms with Gasteiger partial charge in [0.05, 0.1) is 0 Å². The van der Waals surface area contributed by atoms with Gasteiger partial charge in [0.15, 0.2) is 5.69 Å². The first kappa shape index (κ1) is 10.1. The van der Waals surface area contributed by atoms with Gasteiger partial charge in [-0.05, 0) is 12.1 Å². The van der Waals surface area contributed by atoms with Crippen molar-refractivity contribution in [2.24, 2.45) is 0 Å². The molecule has 1 aromatic carbocycles. The summed E-state index contributed by atoms with van der Waals surface area (Å²) in [7, 11) is 0. The van der Waals surface area contributed by atoms with E-state index in [9.17, 15) is 4.39 Å². The molecule has 0 unspecified atom stereocenters. The zero-order chi connectivity index (χ0) is 10.8. The predicted octanol–water partition coefficient (Wildman–Crippen LogP) is 3.47. The van der Waals surface area contributed by atoms with Crippen molar-refractivity contribution < 1.29 is 4.39 Å². The van der Waals surface area contributed by atoms with Crippen LogP contribution in [0.2, 0.25) is 4.34 Å². The van der Waals surface area contributed by atoms with Gasteiger partial charge in [-0.3, -0.25) is 0 Å². The summed E-state index contributed by atoms with van der Waals surface area (Å²) in [4.78, 5) is 4.00. The normalized spacial score (nSPS) is 9.93. The molecule has 0 spiro atoms. The highest BCUT2D eigenvalue weighted by atomic mass is 35.5. The standard InChI is InChI=1S/C10H4ClFN2S/c11-9-8(5-13)14-10(15-9)6-2-1-3-7(12)4-6/h1-4H. The second-order valence-corrected chi connectivity index (χ2v) is 4.36. The Kier molecular flexibility index (Phi) is 2.67. The van der Waals surface area contributed by atoms with Crippen LogP contribution in [0.4, 0.5) is 4.39 Å². The van der Waals surface area contributed by atoms with Crippen LogP contribution in [0, 0.1) is 17.1 Å². The van der Waals surface area contributed by atoms with Crippen molar-refractivity contribution in [3.63, 3.8) is 0 Å². The second-order valence-electron chi connectivity index (χ2n) is 2.76. The number of benzene rings is 1. The van der Waals surface area contributed by atoms with Gasteiger partial charge in [-0.2, -0.15) is 5.26 Å². The third-order valence-electron chi connectivity index (χ3n) is 1.76. The molecular formula is C10H4ClFN2S. The fraction of sp³-hybridized carbons (Fsp3) is 0. The fourth-order valence-corrected chi connectivity index (χ4v) is 2.16. The van der Waals surface area contributed by atoms with E-state index < -0.39 is 0 Å². The van der Waals surface area contributed by atoms with Gasteiger partial charge in [-0.1, -0.05) is 23.7 Å². The van der Waals surface area contributed by atoms with Gasteiger partial charge >= 0.3 is 0 Å². The van der Waals surface area contributed by atoms with E-state index in [1.165, 1.54) is 23.5 Å². The van der Waals surface area contributed by atoms with Crippen LogP contribution in [0.1, 0.15) is 5.69 Å². The number of hydrogen-bond donors (Lipinski definition) is 0. The van der Waals surface area contributed by atoms with Crippen molar-refractivity contribution in [3.8, 4) is 16.6 Å². The molecule has 0 saturated heterocycles. The number of nitrogens with zero attached hydrogens (tertiary/aromatic N) is 2. The minimum atomic E-state index is -0.336. The van der Waals surface area contributed by atoms with E-state index in [0.717, 1.165) is 0 Å². The molecule has 0 fully saturated rings. The summed E-state index contributed by atoms with van der Waals surface area (Å²) in [5, 5.41) is 9.22. The van der Waals surface area contributed by atoms with Crippen LogP contribution >= 0.6 is 22.9 Å². The first-order chi connectivity index (χ1) is 7.20. The van der Waals surface area contributed by atoms with E-state index >= 15 is 0 Å². The maximum atomic E-state index is 12.9. The lowest BCUT2D eigenvalue weighted by Gasteiger charge is -1.94. The van der Waals surface area contributed by atoms with Gasteiger partial charge in [0.25, 0.3) is 0 Å². The highest BCUT2D eigenvalue weighted by molar-refractivity contribution is 7.19. The molecule has 0 N–H and O–H groups in total. The van der Waals surface area contributed by atoms with Gasteiger partial charge in [-0.15, -0.1) is 11.3 Å². The highest BCUT2D eigenvalue weighted by Gasteiger charge is 2.10. The first-order valence-electron chi connectivity index (χ1n) is 4.03. The number of aromatic nitrogens is 1. The summed E-state index contributed by atoms with van der Waals surface area (Å²) < 4.78 is 13.3. The van der Waals surface area contributed by atoms with Crippen LogP contribution in [-0.4, -0.2) is 4.98 Å². The Hall–Kier alpha value is -1.44. The quantitative estimate of drug-likeness (QED) is 0.763. The lowest BCUT2D eigenvalue weighted by Crippen LogP contribution is -1.79. The van der Waals surface area contributed by atoms with Gasteiger partial charge in [0.2, 0.25) is 0 Å². The molecule has 1 heterocycles. The number of hydrogen-bond acceptors (Lipinski definition) is 3. The van der Waals surface area contributed by atoms with Crippen LogP contribution in [-0.2, 0) is 0 Å². The van der Waals surface area contributed by atoms with E-state index in [1.807, 2.05) is 6.07 Å². The first-order valence-corrected chi connectivity index (χ1v) is 5.22. The molecule has 2 rings (SSSR count). The summed E-state index contributed by atoms with van der Waals surface area (Å²) in [6.07, 6.45) is 0. The van der Waals surface area contributed by atoms with Crippen LogP contribution < -0.4 is 0 Å². The van der Waals surface area contributed by atoms with Crippen molar-refractivity contribution in [1.29, 1.82) is 5.26 Å². The Labute approximate surface area is 94.6 Å². The fourth-order valence-electron chi connectivity index (χ4n) is 1.12. The summed E-state index contributed by atoms with van der Waals surface area (Å²) in [6, 6.07) is 7.89. The predicted molar refractivity (Wildman–Crippen MR) is 57.2 cm³/mol. The SMILES string of the molecule is N#Cc1nc(-c2cccc(F)c2)sc1Cl. The van der Waals surface area contributed by atoms with Crippen molar-refractivity contribution in [2.75, 3.05) is 0 Å². The number of rotatable bonds is 1. The minimum Gasteiger partial charge on any atom is -0.224 e. The molecule has 0 bridgehead atoms. The van der Waals surface area contributed by atoms with Gasteiger partial charge < -0.3 is 0 Å². The molecule has 0 aliphatic rings. The second kappa shape index (κ2) is 3.97. The molecule has 0 aliphatic carbocycles. The lowest BCUT2D eigenvalue weighted by atomic mass is 10.2. The summed E-state index contributed by atoms with van der Waals surface area (Å²) in [6.45, 7) is 0. The van der Waals surface area contributed by atoms with Crippen LogP contribution in [0.25, 0.3) is 10.6 Å². The average molecular weight is 239 g/mol. The lowest BCUT2D eigenvalue weighted by molar-refractivity contribution is 0.628. The molecule has 2 nitrogen and oxygen atoms in total. The highest BCUT2D eigenvalue weighted by Crippen LogP contribution is 2.31. The van der Waals surface area contributed by atoms with Crippen molar-refractivity contribution >= 4 is 22.9 Å². The average Bonchev–Trinajstić information content (AvgIpc) is 2.60. The Morgan fingerprint density at radius 1 is 1.47 bits per heavy atom. The zero-order valence-electron chi connectivity index (χ0n) is 7.37. The monoisotopic (exact) mass is 238 g/mol. The minimum absolute atomic E-state index is 0.181. The molecule has 0 atom stereocenters. The molecule has 2 aromatic rings. The van der Waals surface area contributed by atoms with E-state index in [1.54, 1.807) is 12.1 Å². The van der Waals surface area contributed by atoms with Gasteiger partial charge in [-0.25, -0.2) is 9.37 Å². The van der Waals surface area contributed by atoms with E-state index in [0.29, 0.717) is 14.9 Å². The molecule has 15 heavy (non-hydrogen) atoms. The van der Waals surface area contributed by atoms with Crippen molar-refractivity contribution in [3.05, 3.63) is 40.1 Å². The number of thiazole rings is 1. The number of halogens is 2. The van der Waals surface area contributed by atoms with Crippen molar-refractivity contribution in [2.45, 2.75) is 0 Å². The Morgan fingerprint density at radius 2 is 2.27 bits per heavy atom. The molecule has 0 radical (unpaired) electrons. The number of nitriles is 1. The molecule has 5 heteroatoms. The molecular weight excluding hydrogens is 235 g/mol. The third kappa shape index (κ3) is 1.99. The Morgan fingerprint density at radius 3 is 2.87 bits per heavy atom. The smallest absolute Gasteiger partial charge is 0.170 e. The zero-order valence-corrected chi connectivity index (χ0v) is 8.94. The maximum Gasteiger partial charge on any atom is 0.170 e. The molecule has 1 aromatic heterocycles. The third-order valence-corrected chi connectivity index (χ3v) is 3.07. The van der Waals surface area contributed by atoms with Crippen LogP contribution in [0.5, 0.6) is 0 Å². The van der Waals surface area contributed by atoms with E-state index in [-0.39, 0.29) is 11.5 Å². The molecule has 0 aliphatic heterocycles. The molecule has 0 amide bonds. The molecule has 0 saturated carbocycles. The van der Waals surface area contributed by atoms with E-state index in [2.05, 4.69) is 4.98 Å². The maximum absolute atomic E-state index is 12.9. The van der Waals surface area contributed by atoms with Crippen LogP contribution in [0.3, 0.4) is 0 Å². The molecule has 74 valence electrons. The summed E-state index contributed by atoms with van der Waals surface area (Å²) in [5.74, 6) is -0.336. The largest absolute Gasteiger partial charge is 0.224 e. The Bertz CT molecular complexity index is 545. The van der Waals surface area contributed by atoms with E-state index in [4.69, 9.17) is 16.9 Å². The summed E-state index contributed by atoms with van der Waals surface area (Å²) >= 11 is 6.94. The van der Waals surface area contributed by atoms with Gasteiger partial charge in [0, 0.05) is 5.56 Å².